The van der Waals surface area contributed by atoms with Gasteiger partial charge in [0.05, 0.1) is 6.61 Å². The van der Waals surface area contributed by atoms with Gasteiger partial charge >= 0.3 is 0 Å². The van der Waals surface area contributed by atoms with E-state index < -0.39 is 11.6 Å². The van der Waals surface area contributed by atoms with Gasteiger partial charge in [-0.05, 0) is 42.9 Å². The molecule has 0 spiro atoms. The molecule has 0 N–H and O–H groups in total. The number of rotatable bonds is 7. The van der Waals surface area contributed by atoms with Crippen LogP contribution in [0.1, 0.15) is 57.9 Å². The summed E-state index contributed by atoms with van der Waals surface area (Å²) in [5.74, 6) is -1.21. The summed E-state index contributed by atoms with van der Waals surface area (Å²) in [6.07, 6.45) is 3.50. The minimum atomic E-state index is -0.590. The van der Waals surface area contributed by atoms with Crippen molar-refractivity contribution in [3.8, 4) is 5.75 Å². The highest BCUT2D eigenvalue weighted by Gasteiger charge is 2.16. The lowest BCUT2D eigenvalue weighted by atomic mass is 9.94. The molecule has 3 heteroatoms. The van der Waals surface area contributed by atoms with Crippen molar-refractivity contribution in [2.45, 2.75) is 52.4 Å². The average Bonchev–Trinajstić information content (AvgIpc) is 2.34. The first-order chi connectivity index (χ1) is 8.63. The van der Waals surface area contributed by atoms with Crippen LogP contribution in [-0.4, -0.2) is 6.61 Å². The standard InChI is InChI=1S/C15H22F2O/c1-4-7-8-18-15-13(16)9-12(10-14(15)17)11(5-2)6-3/h9-11H,4-8H2,1-3H3. The Bertz CT molecular complexity index is 350. The summed E-state index contributed by atoms with van der Waals surface area (Å²) in [4.78, 5) is 0. The van der Waals surface area contributed by atoms with Gasteiger partial charge in [0.2, 0.25) is 0 Å². The Morgan fingerprint density at radius 1 is 1.06 bits per heavy atom. The van der Waals surface area contributed by atoms with E-state index in [0.717, 1.165) is 31.2 Å². The normalized spacial score (nSPS) is 11.0. The van der Waals surface area contributed by atoms with Crippen LogP contribution in [0.25, 0.3) is 0 Å². The molecule has 0 radical (unpaired) electrons. The molecule has 0 heterocycles. The second kappa shape index (κ2) is 7.34. The predicted molar refractivity (Wildman–Crippen MR) is 70.1 cm³/mol. The molecule has 0 fully saturated rings. The molecule has 0 unspecified atom stereocenters. The number of ether oxygens (including phenoxy) is 1. The second-order valence-corrected chi connectivity index (χ2v) is 4.53. The molecule has 0 aliphatic rings. The molecule has 0 saturated heterocycles. The predicted octanol–water partition coefficient (Wildman–Crippen LogP) is 5.05. The van der Waals surface area contributed by atoms with Gasteiger partial charge in [0.1, 0.15) is 0 Å². The fourth-order valence-electron chi connectivity index (χ4n) is 2.03. The maximum absolute atomic E-state index is 13.8. The van der Waals surface area contributed by atoms with E-state index >= 15 is 0 Å². The van der Waals surface area contributed by atoms with Crippen LogP contribution >= 0.6 is 0 Å². The molecule has 1 nitrogen and oxygen atoms in total. The molecule has 102 valence electrons. The van der Waals surface area contributed by atoms with E-state index in [1.54, 1.807) is 0 Å². The molecule has 1 aromatic carbocycles. The Morgan fingerprint density at radius 2 is 1.61 bits per heavy atom. The summed E-state index contributed by atoms with van der Waals surface area (Å²) < 4.78 is 32.8. The van der Waals surface area contributed by atoms with Gasteiger partial charge in [-0.2, -0.15) is 0 Å². The minimum Gasteiger partial charge on any atom is -0.488 e. The van der Waals surface area contributed by atoms with Crippen molar-refractivity contribution in [2.24, 2.45) is 0 Å². The van der Waals surface area contributed by atoms with E-state index in [1.807, 2.05) is 20.8 Å². The first kappa shape index (κ1) is 14.9. The van der Waals surface area contributed by atoms with Gasteiger partial charge in [0.25, 0.3) is 0 Å². The largest absolute Gasteiger partial charge is 0.488 e. The number of hydrogen-bond donors (Lipinski definition) is 0. The molecular weight excluding hydrogens is 234 g/mol. The third kappa shape index (κ3) is 3.69. The molecule has 0 bridgehead atoms. The molecule has 18 heavy (non-hydrogen) atoms. The van der Waals surface area contributed by atoms with E-state index in [-0.39, 0.29) is 11.7 Å². The molecule has 0 saturated carbocycles. The van der Waals surface area contributed by atoms with Gasteiger partial charge < -0.3 is 4.74 Å². The summed E-state index contributed by atoms with van der Waals surface area (Å²) in [7, 11) is 0. The van der Waals surface area contributed by atoms with E-state index in [9.17, 15) is 8.78 Å². The third-order valence-corrected chi connectivity index (χ3v) is 3.22. The Hall–Kier alpha value is -1.12. The summed E-state index contributed by atoms with van der Waals surface area (Å²) >= 11 is 0. The number of unbranched alkanes of at least 4 members (excludes halogenated alkanes) is 1. The summed E-state index contributed by atoms with van der Waals surface area (Å²) in [6.45, 7) is 6.41. The zero-order valence-electron chi connectivity index (χ0n) is 11.4. The van der Waals surface area contributed by atoms with E-state index in [2.05, 4.69) is 0 Å². The molecular formula is C15H22F2O. The van der Waals surface area contributed by atoms with Crippen LogP contribution in [-0.2, 0) is 0 Å². The van der Waals surface area contributed by atoms with Crippen molar-refractivity contribution in [1.29, 1.82) is 0 Å². The summed E-state index contributed by atoms with van der Waals surface area (Å²) in [5, 5.41) is 0. The first-order valence-corrected chi connectivity index (χ1v) is 6.75. The second-order valence-electron chi connectivity index (χ2n) is 4.53. The van der Waals surface area contributed by atoms with Crippen LogP contribution in [0.15, 0.2) is 12.1 Å². The molecule has 0 aromatic heterocycles. The zero-order valence-corrected chi connectivity index (χ0v) is 11.4. The van der Waals surface area contributed by atoms with Gasteiger partial charge in [-0.3, -0.25) is 0 Å². The number of benzene rings is 1. The highest BCUT2D eigenvalue weighted by atomic mass is 19.1. The highest BCUT2D eigenvalue weighted by Crippen LogP contribution is 2.30. The van der Waals surface area contributed by atoms with Gasteiger partial charge in [0.15, 0.2) is 17.4 Å². The van der Waals surface area contributed by atoms with Crippen LogP contribution < -0.4 is 4.74 Å². The highest BCUT2D eigenvalue weighted by molar-refractivity contribution is 5.33. The van der Waals surface area contributed by atoms with Gasteiger partial charge in [-0.25, -0.2) is 8.78 Å². The van der Waals surface area contributed by atoms with Crippen molar-refractivity contribution >= 4 is 0 Å². The average molecular weight is 256 g/mol. The van der Waals surface area contributed by atoms with E-state index in [1.165, 1.54) is 12.1 Å². The first-order valence-electron chi connectivity index (χ1n) is 6.75. The van der Waals surface area contributed by atoms with Gasteiger partial charge in [-0.1, -0.05) is 27.2 Å². The monoisotopic (exact) mass is 256 g/mol. The van der Waals surface area contributed by atoms with Crippen LogP contribution in [0.5, 0.6) is 5.75 Å². The number of hydrogen-bond acceptors (Lipinski definition) is 1. The Kier molecular flexibility index (Phi) is 6.10. The summed E-state index contributed by atoms with van der Waals surface area (Å²) in [5.41, 5.74) is 0.720. The summed E-state index contributed by atoms with van der Waals surface area (Å²) in [6, 6.07) is 2.81. The molecule has 1 rings (SSSR count). The van der Waals surface area contributed by atoms with Crippen molar-refractivity contribution in [3.63, 3.8) is 0 Å². The minimum absolute atomic E-state index is 0.207. The van der Waals surface area contributed by atoms with Crippen LogP contribution in [0.4, 0.5) is 8.78 Å². The van der Waals surface area contributed by atoms with Crippen molar-refractivity contribution < 1.29 is 13.5 Å². The lowest BCUT2D eigenvalue weighted by molar-refractivity contribution is 0.278. The lowest BCUT2D eigenvalue weighted by Crippen LogP contribution is -2.04. The lowest BCUT2D eigenvalue weighted by Gasteiger charge is -2.15. The molecule has 0 atom stereocenters. The fourth-order valence-corrected chi connectivity index (χ4v) is 2.03. The topological polar surface area (TPSA) is 9.23 Å². The molecule has 0 amide bonds. The van der Waals surface area contributed by atoms with Crippen molar-refractivity contribution in [2.75, 3.05) is 6.61 Å². The smallest absolute Gasteiger partial charge is 0.190 e. The van der Waals surface area contributed by atoms with Gasteiger partial charge in [-0.15, -0.1) is 0 Å². The van der Waals surface area contributed by atoms with Crippen LogP contribution in [0, 0.1) is 11.6 Å². The quantitative estimate of drug-likeness (QED) is 0.620. The molecule has 1 aromatic rings. The van der Waals surface area contributed by atoms with E-state index in [0.29, 0.717) is 6.61 Å². The Morgan fingerprint density at radius 3 is 2.06 bits per heavy atom. The van der Waals surface area contributed by atoms with Crippen molar-refractivity contribution in [3.05, 3.63) is 29.3 Å². The SMILES string of the molecule is CCCCOc1c(F)cc(C(CC)CC)cc1F. The van der Waals surface area contributed by atoms with Crippen molar-refractivity contribution in [1.82, 2.24) is 0 Å². The molecule has 0 aliphatic carbocycles. The zero-order chi connectivity index (χ0) is 13.5. The third-order valence-electron chi connectivity index (χ3n) is 3.22. The number of halogens is 2. The van der Waals surface area contributed by atoms with Gasteiger partial charge in [0, 0.05) is 0 Å². The van der Waals surface area contributed by atoms with Crippen LogP contribution in [0.2, 0.25) is 0 Å². The Balaban J connectivity index is 2.89. The Labute approximate surface area is 108 Å². The maximum Gasteiger partial charge on any atom is 0.190 e. The van der Waals surface area contributed by atoms with Crippen LogP contribution in [0.3, 0.4) is 0 Å². The fraction of sp³-hybridized carbons (Fsp3) is 0.600. The van der Waals surface area contributed by atoms with E-state index in [4.69, 9.17) is 4.74 Å². The maximum atomic E-state index is 13.8. The molecule has 0 aliphatic heterocycles.